The molecule has 0 aliphatic rings. The zero-order valence-electron chi connectivity index (χ0n) is 8.36. The molecule has 1 aromatic carbocycles. The second-order valence-electron chi connectivity index (χ2n) is 2.60. The number of aromatic nitrogens is 2. The molecule has 2 nitrogen and oxygen atoms in total. The van der Waals surface area contributed by atoms with Crippen molar-refractivity contribution in [2.75, 3.05) is 0 Å². The smallest absolute Gasteiger partial charge is 0.170 e. The van der Waals surface area contributed by atoms with Crippen LogP contribution in [0.4, 0.5) is 8.78 Å². The summed E-state index contributed by atoms with van der Waals surface area (Å²) in [6, 6.07) is 2.51. The summed E-state index contributed by atoms with van der Waals surface area (Å²) in [7, 11) is 0. The highest BCUT2D eigenvalue weighted by molar-refractivity contribution is 5.81. The van der Waals surface area contributed by atoms with Gasteiger partial charge in [-0.1, -0.05) is 13.8 Å². The number of halogens is 2. The molecule has 0 radical (unpaired) electrons. The van der Waals surface area contributed by atoms with Crippen molar-refractivity contribution in [2.45, 2.75) is 20.8 Å². The van der Waals surface area contributed by atoms with Crippen LogP contribution in [0.1, 0.15) is 21.0 Å². The predicted octanol–water partition coefficient (Wildman–Crippen LogP) is 3.42. The summed E-state index contributed by atoms with van der Waals surface area (Å²) in [5, 5.41) is 6.61. The van der Waals surface area contributed by atoms with Crippen LogP contribution >= 0.6 is 0 Å². The van der Waals surface area contributed by atoms with Crippen molar-refractivity contribution < 1.29 is 10.2 Å². The van der Waals surface area contributed by atoms with E-state index in [2.05, 4.69) is 10.2 Å². The standard InChI is InChI=1S/C8H6F2N2.C2H6.H2/c1-4-7-6(12-11-4)3-2-5(9)8(7)10;1-2;/h2-3H,1H3,(H,11,12);1-2H3;1H. The predicted molar refractivity (Wildman–Crippen MR) is 54.2 cm³/mol. The van der Waals surface area contributed by atoms with E-state index in [1.165, 1.54) is 6.07 Å². The maximum Gasteiger partial charge on any atom is 0.170 e. The second-order valence-corrected chi connectivity index (χ2v) is 2.60. The number of nitrogens with zero attached hydrogens (tertiary/aromatic N) is 1. The van der Waals surface area contributed by atoms with E-state index in [-0.39, 0.29) is 6.81 Å². The van der Waals surface area contributed by atoms with Crippen LogP contribution in [0.3, 0.4) is 0 Å². The number of H-pyrrole nitrogens is 1. The number of fused-ring (bicyclic) bond motifs is 1. The maximum atomic E-state index is 13.1. The Morgan fingerprint density at radius 3 is 2.57 bits per heavy atom. The Morgan fingerprint density at radius 1 is 1.29 bits per heavy atom. The van der Waals surface area contributed by atoms with Crippen molar-refractivity contribution in [3.05, 3.63) is 29.5 Å². The lowest BCUT2D eigenvalue weighted by Gasteiger charge is -1.93. The van der Waals surface area contributed by atoms with Gasteiger partial charge in [0.05, 0.1) is 10.9 Å². The molecule has 0 fully saturated rings. The van der Waals surface area contributed by atoms with Gasteiger partial charge in [-0.3, -0.25) is 5.10 Å². The maximum absolute atomic E-state index is 13.1. The number of nitrogens with one attached hydrogen (secondary N) is 1. The van der Waals surface area contributed by atoms with Gasteiger partial charge in [0.15, 0.2) is 11.6 Å². The molecule has 0 bridgehead atoms. The van der Waals surface area contributed by atoms with E-state index in [0.717, 1.165) is 6.07 Å². The fraction of sp³-hybridized carbons (Fsp3) is 0.300. The molecule has 0 aliphatic heterocycles. The van der Waals surface area contributed by atoms with Gasteiger partial charge < -0.3 is 0 Å². The van der Waals surface area contributed by atoms with Crippen LogP contribution in [-0.2, 0) is 0 Å². The van der Waals surface area contributed by atoms with E-state index in [1.54, 1.807) is 6.92 Å². The van der Waals surface area contributed by atoms with Crippen LogP contribution in [0, 0.1) is 18.6 Å². The van der Waals surface area contributed by atoms with Crippen LogP contribution in [0.15, 0.2) is 12.1 Å². The molecule has 0 saturated carbocycles. The first kappa shape index (κ1) is 10.6. The van der Waals surface area contributed by atoms with Crippen LogP contribution in [0.2, 0.25) is 0 Å². The lowest BCUT2D eigenvalue weighted by molar-refractivity contribution is 0.517. The number of hydrogen-bond acceptors (Lipinski definition) is 1. The molecule has 4 heteroatoms. The van der Waals surface area contributed by atoms with Crippen LogP contribution in [0.25, 0.3) is 10.9 Å². The normalized spacial score (nSPS) is 9.79. The fourth-order valence-electron chi connectivity index (χ4n) is 1.19. The lowest BCUT2D eigenvalue weighted by atomic mass is 10.2. The molecule has 0 atom stereocenters. The lowest BCUT2D eigenvalue weighted by Crippen LogP contribution is -1.84. The second kappa shape index (κ2) is 4.17. The Balaban J connectivity index is 0.000000617. The summed E-state index contributed by atoms with van der Waals surface area (Å²) in [5.41, 5.74) is 0.994. The molecule has 2 aromatic rings. The number of aryl methyl sites for hydroxylation is 1. The third kappa shape index (κ3) is 1.60. The van der Waals surface area contributed by atoms with E-state index in [4.69, 9.17) is 0 Å². The zero-order chi connectivity index (χ0) is 10.7. The van der Waals surface area contributed by atoms with Gasteiger partial charge in [0.1, 0.15) is 0 Å². The van der Waals surface area contributed by atoms with Crippen LogP contribution < -0.4 is 0 Å². The van der Waals surface area contributed by atoms with Crippen molar-refractivity contribution in [2.24, 2.45) is 0 Å². The SMILES string of the molecule is CC.Cc1[nH]nc2ccc(F)c(F)c12.[HH]. The van der Waals surface area contributed by atoms with Gasteiger partial charge in [-0.25, -0.2) is 8.78 Å². The summed E-state index contributed by atoms with van der Waals surface area (Å²) >= 11 is 0. The molecule has 14 heavy (non-hydrogen) atoms. The molecule has 1 N–H and O–H groups in total. The largest absolute Gasteiger partial charge is 0.282 e. The Bertz CT molecular complexity index is 440. The number of benzene rings is 1. The molecule has 0 unspecified atom stereocenters. The van der Waals surface area contributed by atoms with Gasteiger partial charge >= 0.3 is 0 Å². The third-order valence-corrected chi connectivity index (χ3v) is 1.79. The topological polar surface area (TPSA) is 28.7 Å². The molecule has 0 saturated heterocycles. The number of hydrogen-bond donors (Lipinski definition) is 1. The van der Waals surface area contributed by atoms with E-state index in [9.17, 15) is 8.78 Å². The van der Waals surface area contributed by atoms with Gasteiger partial charge in [0.2, 0.25) is 0 Å². The number of aromatic amines is 1. The Hall–Kier alpha value is -1.45. The summed E-state index contributed by atoms with van der Waals surface area (Å²) in [4.78, 5) is 0. The first-order chi connectivity index (χ1) is 6.70. The van der Waals surface area contributed by atoms with Crippen molar-refractivity contribution in [1.82, 2.24) is 10.2 Å². The summed E-state index contributed by atoms with van der Waals surface area (Å²) in [5.74, 6) is -1.68. The van der Waals surface area contributed by atoms with Crippen LogP contribution in [0.5, 0.6) is 0 Å². The van der Waals surface area contributed by atoms with Crippen molar-refractivity contribution in [3.8, 4) is 0 Å². The molecular weight excluding hydrogens is 186 g/mol. The summed E-state index contributed by atoms with van der Waals surface area (Å²) in [6.45, 7) is 5.65. The van der Waals surface area contributed by atoms with E-state index >= 15 is 0 Å². The highest BCUT2D eigenvalue weighted by Crippen LogP contribution is 2.20. The molecule has 0 spiro atoms. The quantitative estimate of drug-likeness (QED) is 0.693. The molecule has 1 aromatic heterocycles. The minimum Gasteiger partial charge on any atom is -0.282 e. The molecule has 1 heterocycles. The highest BCUT2D eigenvalue weighted by atomic mass is 19.2. The first-order valence-corrected chi connectivity index (χ1v) is 4.49. The Morgan fingerprint density at radius 2 is 1.93 bits per heavy atom. The van der Waals surface area contributed by atoms with Crippen molar-refractivity contribution >= 4 is 10.9 Å². The van der Waals surface area contributed by atoms with Crippen LogP contribution in [-0.4, -0.2) is 10.2 Å². The third-order valence-electron chi connectivity index (χ3n) is 1.79. The van der Waals surface area contributed by atoms with Crippen molar-refractivity contribution in [1.29, 1.82) is 0 Å². The summed E-state index contributed by atoms with van der Waals surface area (Å²) in [6.07, 6.45) is 0. The monoisotopic (exact) mass is 200 g/mol. The average Bonchev–Trinajstić information content (AvgIpc) is 2.58. The molecular formula is C10H14F2N2. The summed E-state index contributed by atoms with van der Waals surface area (Å²) < 4.78 is 25.7. The van der Waals surface area contributed by atoms with E-state index in [1.807, 2.05) is 13.8 Å². The van der Waals surface area contributed by atoms with Gasteiger partial charge in [0.25, 0.3) is 0 Å². The van der Waals surface area contributed by atoms with Crippen molar-refractivity contribution in [3.63, 3.8) is 0 Å². The minimum absolute atomic E-state index is 0. The number of rotatable bonds is 0. The Kier molecular flexibility index (Phi) is 3.17. The van der Waals surface area contributed by atoms with E-state index < -0.39 is 11.6 Å². The van der Waals surface area contributed by atoms with Gasteiger partial charge in [-0.05, 0) is 19.1 Å². The van der Waals surface area contributed by atoms with Gasteiger partial charge in [-0.15, -0.1) is 0 Å². The van der Waals surface area contributed by atoms with E-state index in [0.29, 0.717) is 11.2 Å². The first-order valence-electron chi connectivity index (χ1n) is 4.49. The molecule has 0 aliphatic carbocycles. The minimum atomic E-state index is -0.841. The fourth-order valence-corrected chi connectivity index (χ4v) is 1.19. The molecule has 2 rings (SSSR count). The van der Waals surface area contributed by atoms with Gasteiger partial charge in [-0.2, -0.15) is 5.10 Å². The highest BCUT2D eigenvalue weighted by Gasteiger charge is 2.10. The Labute approximate surface area is 82.4 Å². The average molecular weight is 200 g/mol. The zero-order valence-corrected chi connectivity index (χ0v) is 8.36. The van der Waals surface area contributed by atoms with Gasteiger partial charge in [0, 0.05) is 7.12 Å². The molecule has 0 amide bonds. The molecule has 78 valence electrons.